The molecule has 1 aromatic rings. The minimum absolute atomic E-state index is 0.0905. The standard InChI is InChI=1S/C21H25F3N2O3/c1-29-20(28)16-6-4-15(5-7-16)18-3-2-10-26(19(18)27)14-13-25-11-8-17(9-12-25)21(22,23)24/h3-7,17H,2,8-14H2,1H3. The maximum Gasteiger partial charge on any atom is 0.391 e. The fraction of sp³-hybridized carbons (Fsp3) is 0.524. The predicted molar refractivity (Wildman–Crippen MR) is 102 cm³/mol. The average Bonchev–Trinajstić information content (AvgIpc) is 2.72. The van der Waals surface area contributed by atoms with E-state index >= 15 is 0 Å². The van der Waals surface area contributed by atoms with E-state index in [4.69, 9.17) is 0 Å². The quantitative estimate of drug-likeness (QED) is 0.699. The lowest BCUT2D eigenvalue weighted by molar-refractivity contribution is -0.185. The summed E-state index contributed by atoms with van der Waals surface area (Å²) in [7, 11) is 1.31. The number of amides is 1. The highest BCUT2D eigenvalue weighted by molar-refractivity contribution is 6.20. The van der Waals surface area contributed by atoms with Crippen LogP contribution in [0.1, 0.15) is 35.2 Å². The van der Waals surface area contributed by atoms with Gasteiger partial charge in [0.25, 0.3) is 5.91 Å². The number of carbonyl (C=O) groups excluding carboxylic acids is 2. The molecule has 158 valence electrons. The molecule has 3 rings (SSSR count). The highest BCUT2D eigenvalue weighted by Gasteiger charge is 2.41. The van der Waals surface area contributed by atoms with E-state index in [2.05, 4.69) is 4.74 Å². The van der Waals surface area contributed by atoms with Crippen molar-refractivity contribution >= 4 is 17.4 Å². The van der Waals surface area contributed by atoms with Crippen LogP contribution in [0.4, 0.5) is 13.2 Å². The molecule has 0 radical (unpaired) electrons. The van der Waals surface area contributed by atoms with Gasteiger partial charge < -0.3 is 14.5 Å². The van der Waals surface area contributed by atoms with Gasteiger partial charge in [0, 0.05) is 25.2 Å². The average molecular weight is 410 g/mol. The number of likely N-dealkylation sites (tertiary alicyclic amines) is 1. The van der Waals surface area contributed by atoms with E-state index in [1.165, 1.54) is 7.11 Å². The van der Waals surface area contributed by atoms with Crippen LogP contribution in [0.5, 0.6) is 0 Å². The number of halogens is 3. The third-order valence-electron chi connectivity index (χ3n) is 5.62. The summed E-state index contributed by atoms with van der Waals surface area (Å²) >= 11 is 0. The third-order valence-corrected chi connectivity index (χ3v) is 5.62. The fourth-order valence-corrected chi connectivity index (χ4v) is 3.83. The highest BCUT2D eigenvalue weighted by Crippen LogP contribution is 2.34. The minimum Gasteiger partial charge on any atom is -0.465 e. The molecule has 0 atom stereocenters. The zero-order valence-corrected chi connectivity index (χ0v) is 16.4. The number of piperidine rings is 1. The maximum atomic E-state index is 12.9. The van der Waals surface area contributed by atoms with Crippen molar-refractivity contribution in [2.75, 3.05) is 39.8 Å². The third kappa shape index (κ3) is 5.18. The van der Waals surface area contributed by atoms with Crippen molar-refractivity contribution in [1.82, 2.24) is 9.80 Å². The number of esters is 1. The first-order chi connectivity index (χ1) is 13.8. The molecule has 0 spiro atoms. The largest absolute Gasteiger partial charge is 0.465 e. The molecule has 2 aliphatic rings. The summed E-state index contributed by atoms with van der Waals surface area (Å²) in [6, 6.07) is 6.70. The summed E-state index contributed by atoms with van der Waals surface area (Å²) in [6.45, 7) is 2.48. The van der Waals surface area contributed by atoms with Gasteiger partial charge in [-0.1, -0.05) is 18.2 Å². The first-order valence-electron chi connectivity index (χ1n) is 9.77. The van der Waals surface area contributed by atoms with Crippen molar-refractivity contribution in [3.8, 4) is 0 Å². The molecule has 0 aromatic heterocycles. The summed E-state index contributed by atoms with van der Waals surface area (Å²) < 4.78 is 43.0. The summed E-state index contributed by atoms with van der Waals surface area (Å²) in [4.78, 5) is 28.2. The summed E-state index contributed by atoms with van der Waals surface area (Å²) in [5.74, 6) is -1.73. The van der Waals surface area contributed by atoms with Gasteiger partial charge in [0.1, 0.15) is 0 Å². The molecule has 0 saturated carbocycles. The van der Waals surface area contributed by atoms with Gasteiger partial charge in [0.15, 0.2) is 0 Å². The van der Waals surface area contributed by atoms with Crippen LogP contribution in [0, 0.1) is 5.92 Å². The van der Waals surface area contributed by atoms with Gasteiger partial charge in [0.2, 0.25) is 0 Å². The summed E-state index contributed by atoms with van der Waals surface area (Å²) in [5, 5.41) is 0. The first kappa shape index (κ1) is 21.4. The summed E-state index contributed by atoms with van der Waals surface area (Å²) in [5.41, 5.74) is 1.74. The van der Waals surface area contributed by atoms with Gasteiger partial charge in [-0.2, -0.15) is 13.2 Å². The Bertz CT molecular complexity index is 766. The van der Waals surface area contributed by atoms with E-state index in [0.717, 1.165) is 12.0 Å². The monoisotopic (exact) mass is 410 g/mol. The molecule has 0 bridgehead atoms. The number of alkyl halides is 3. The Balaban J connectivity index is 1.55. The van der Waals surface area contributed by atoms with Crippen LogP contribution in [0.3, 0.4) is 0 Å². The Labute approximate surface area is 168 Å². The van der Waals surface area contributed by atoms with Crippen LogP contribution < -0.4 is 0 Å². The Kier molecular flexibility index (Phi) is 6.62. The molecular formula is C21H25F3N2O3. The van der Waals surface area contributed by atoms with Crippen LogP contribution in [0.25, 0.3) is 5.57 Å². The number of carbonyl (C=O) groups is 2. The second kappa shape index (κ2) is 8.98. The highest BCUT2D eigenvalue weighted by atomic mass is 19.4. The lowest BCUT2D eigenvalue weighted by atomic mass is 9.96. The van der Waals surface area contributed by atoms with Crippen molar-refractivity contribution in [1.29, 1.82) is 0 Å². The second-order valence-corrected chi connectivity index (χ2v) is 7.43. The smallest absolute Gasteiger partial charge is 0.391 e. The minimum atomic E-state index is -4.11. The number of hydrogen-bond acceptors (Lipinski definition) is 4. The zero-order valence-electron chi connectivity index (χ0n) is 16.4. The molecule has 1 saturated heterocycles. The summed E-state index contributed by atoms with van der Waals surface area (Å²) in [6.07, 6.45) is -1.26. The van der Waals surface area contributed by atoms with Crippen molar-refractivity contribution in [3.63, 3.8) is 0 Å². The van der Waals surface area contributed by atoms with Gasteiger partial charge >= 0.3 is 12.1 Å². The van der Waals surface area contributed by atoms with Crippen LogP contribution in [-0.4, -0.2) is 67.7 Å². The van der Waals surface area contributed by atoms with Gasteiger partial charge in [-0.15, -0.1) is 0 Å². The number of methoxy groups -OCH3 is 1. The molecule has 8 heteroatoms. The zero-order chi connectivity index (χ0) is 21.0. The number of hydrogen-bond donors (Lipinski definition) is 0. The number of benzene rings is 1. The first-order valence-corrected chi connectivity index (χ1v) is 9.77. The maximum absolute atomic E-state index is 12.9. The molecule has 5 nitrogen and oxygen atoms in total. The lowest BCUT2D eigenvalue weighted by Crippen LogP contribution is -2.44. The normalized spacial score (nSPS) is 19.2. The molecule has 29 heavy (non-hydrogen) atoms. The molecular weight excluding hydrogens is 385 g/mol. The van der Waals surface area contributed by atoms with Gasteiger partial charge in [-0.25, -0.2) is 4.79 Å². The van der Waals surface area contributed by atoms with E-state index in [9.17, 15) is 22.8 Å². The Morgan fingerprint density at radius 1 is 1.10 bits per heavy atom. The predicted octanol–water partition coefficient (Wildman–Crippen LogP) is 3.36. The van der Waals surface area contributed by atoms with Crippen molar-refractivity contribution in [2.45, 2.75) is 25.4 Å². The van der Waals surface area contributed by atoms with E-state index in [1.54, 1.807) is 29.2 Å². The van der Waals surface area contributed by atoms with E-state index in [-0.39, 0.29) is 18.7 Å². The van der Waals surface area contributed by atoms with E-state index in [1.807, 2.05) is 11.0 Å². The molecule has 0 aliphatic carbocycles. The number of rotatable bonds is 5. The molecule has 1 aromatic carbocycles. The SMILES string of the molecule is COC(=O)c1ccc(C2=CCCN(CCN3CCC(C(F)(F)F)CC3)C2=O)cc1. The van der Waals surface area contributed by atoms with Crippen LogP contribution in [0.2, 0.25) is 0 Å². The van der Waals surface area contributed by atoms with Crippen LogP contribution >= 0.6 is 0 Å². The van der Waals surface area contributed by atoms with Crippen LogP contribution in [-0.2, 0) is 9.53 Å². The number of ether oxygens (including phenoxy) is 1. The number of nitrogens with zero attached hydrogens (tertiary/aromatic N) is 2. The second-order valence-electron chi connectivity index (χ2n) is 7.43. The molecule has 0 unspecified atom stereocenters. The van der Waals surface area contributed by atoms with Crippen molar-refractivity contribution < 1.29 is 27.5 Å². The van der Waals surface area contributed by atoms with E-state index in [0.29, 0.717) is 43.9 Å². The van der Waals surface area contributed by atoms with Gasteiger partial charge in [0.05, 0.1) is 18.6 Å². The molecule has 2 aliphatic heterocycles. The van der Waals surface area contributed by atoms with Gasteiger partial charge in [-0.05, 0) is 50.0 Å². The van der Waals surface area contributed by atoms with E-state index < -0.39 is 18.1 Å². The fourth-order valence-electron chi connectivity index (χ4n) is 3.83. The van der Waals surface area contributed by atoms with Crippen molar-refractivity contribution in [3.05, 3.63) is 41.5 Å². The Morgan fingerprint density at radius 3 is 2.34 bits per heavy atom. The van der Waals surface area contributed by atoms with Crippen molar-refractivity contribution in [2.24, 2.45) is 5.92 Å². The lowest BCUT2D eigenvalue weighted by Gasteiger charge is -2.35. The molecule has 1 fully saturated rings. The Morgan fingerprint density at radius 2 is 1.76 bits per heavy atom. The van der Waals surface area contributed by atoms with Crippen LogP contribution in [0.15, 0.2) is 30.3 Å². The van der Waals surface area contributed by atoms with Gasteiger partial charge in [-0.3, -0.25) is 4.79 Å². The molecule has 0 N–H and O–H groups in total. The molecule has 1 amide bonds. The Hall–Kier alpha value is -2.35. The molecule has 2 heterocycles. The topological polar surface area (TPSA) is 49.9 Å².